The number of carbonyl (C=O) groups excluding carboxylic acids is 1. The van der Waals surface area contributed by atoms with Gasteiger partial charge in [-0.05, 0) is 42.0 Å². The number of nitro benzene ring substituents is 1. The quantitative estimate of drug-likeness (QED) is 0.354. The summed E-state index contributed by atoms with van der Waals surface area (Å²) in [7, 11) is 3.07. The zero-order chi connectivity index (χ0) is 22.8. The number of methoxy groups -OCH3 is 2. The van der Waals surface area contributed by atoms with Gasteiger partial charge < -0.3 is 14.8 Å². The second-order valence-electron chi connectivity index (χ2n) is 6.71. The van der Waals surface area contributed by atoms with Crippen LogP contribution in [0.3, 0.4) is 0 Å². The predicted molar refractivity (Wildman–Crippen MR) is 116 cm³/mol. The molecule has 0 aliphatic carbocycles. The highest BCUT2D eigenvalue weighted by Crippen LogP contribution is 2.36. The summed E-state index contributed by atoms with van der Waals surface area (Å²) in [6.07, 6.45) is 3.15. The van der Waals surface area contributed by atoms with E-state index < -0.39 is 22.5 Å². The summed E-state index contributed by atoms with van der Waals surface area (Å²) in [6, 6.07) is 11.5. The van der Waals surface area contributed by atoms with Crippen molar-refractivity contribution in [1.29, 1.82) is 0 Å². The molecule has 4 rings (SSSR count). The van der Waals surface area contributed by atoms with Crippen LogP contribution >= 0.6 is 0 Å². The third kappa shape index (κ3) is 3.69. The van der Waals surface area contributed by atoms with E-state index >= 15 is 0 Å². The maximum absolute atomic E-state index is 13.6. The first-order valence-electron chi connectivity index (χ1n) is 9.36. The summed E-state index contributed by atoms with van der Waals surface area (Å²) in [4.78, 5) is 27.4. The Kier molecular flexibility index (Phi) is 5.42. The van der Waals surface area contributed by atoms with Gasteiger partial charge in [0.2, 0.25) is 5.82 Å². The van der Waals surface area contributed by atoms with Gasteiger partial charge in [0.15, 0.2) is 11.5 Å². The van der Waals surface area contributed by atoms with E-state index in [9.17, 15) is 19.3 Å². The van der Waals surface area contributed by atoms with E-state index in [1.165, 1.54) is 24.9 Å². The number of nitrogens with one attached hydrogen (secondary N) is 1. The number of nitrogens with zero attached hydrogens (tertiary/aromatic N) is 3. The Morgan fingerprint density at radius 3 is 2.62 bits per heavy atom. The lowest BCUT2D eigenvalue weighted by molar-refractivity contribution is -0.387. The molecular formula is C22H17FN4O5. The van der Waals surface area contributed by atoms with E-state index in [4.69, 9.17) is 9.47 Å². The van der Waals surface area contributed by atoms with E-state index in [1.807, 2.05) is 12.1 Å². The van der Waals surface area contributed by atoms with E-state index in [0.717, 1.165) is 17.7 Å². The van der Waals surface area contributed by atoms with Crippen LogP contribution in [0.1, 0.15) is 0 Å². The van der Waals surface area contributed by atoms with Crippen molar-refractivity contribution < 1.29 is 23.6 Å². The van der Waals surface area contributed by atoms with Crippen molar-refractivity contribution >= 4 is 28.4 Å². The molecule has 32 heavy (non-hydrogen) atoms. The number of aromatic nitrogens is 2. The van der Waals surface area contributed by atoms with Crippen LogP contribution in [0.2, 0.25) is 0 Å². The van der Waals surface area contributed by atoms with Gasteiger partial charge in [-0.15, -0.1) is 0 Å². The minimum absolute atomic E-state index is 0.0774. The second-order valence-corrected chi connectivity index (χ2v) is 6.71. The number of hydrogen-bond acceptors (Lipinski definition) is 6. The Bertz CT molecular complexity index is 1350. The normalized spacial score (nSPS) is 10.7. The lowest BCUT2D eigenvalue weighted by Crippen LogP contribution is -2.19. The molecule has 0 saturated heterocycles. The van der Waals surface area contributed by atoms with Crippen LogP contribution in [0.4, 0.5) is 20.6 Å². The van der Waals surface area contributed by atoms with Gasteiger partial charge in [0, 0.05) is 35.1 Å². The third-order valence-corrected chi connectivity index (χ3v) is 4.87. The monoisotopic (exact) mass is 436 g/mol. The van der Waals surface area contributed by atoms with Gasteiger partial charge in [0.05, 0.1) is 19.1 Å². The number of nitro groups is 1. The zero-order valence-corrected chi connectivity index (χ0v) is 17.0. The molecule has 2 aromatic heterocycles. The van der Waals surface area contributed by atoms with Gasteiger partial charge in [-0.25, -0.2) is 9.78 Å². The highest BCUT2D eigenvalue weighted by molar-refractivity contribution is 6.03. The molecular weight excluding hydrogens is 419 g/mol. The fraction of sp³-hybridized carbons (Fsp3) is 0.0909. The van der Waals surface area contributed by atoms with E-state index in [0.29, 0.717) is 28.1 Å². The SMILES string of the molecule is COc1ccc(-c2cn(C(=O)Nc3ccc(F)c([N+](=O)[O-])c3)c3ncccc23)cc1OC. The second kappa shape index (κ2) is 8.34. The van der Waals surface area contributed by atoms with Crippen molar-refractivity contribution in [2.45, 2.75) is 0 Å². The number of hydrogen-bond donors (Lipinski definition) is 1. The number of rotatable bonds is 5. The van der Waals surface area contributed by atoms with Crippen LogP contribution in [-0.4, -0.2) is 34.7 Å². The molecule has 0 bridgehead atoms. The first kappa shape index (κ1) is 20.8. The van der Waals surface area contributed by atoms with E-state index in [-0.39, 0.29) is 5.69 Å². The number of carbonyl (C=O) groups is 1. The van der Waals surface area contributed by atoms with Crippen LogP contribution in [-0.2, 0) is 0 Å². The van der Waals surface area contributed by atoms with Crippen LogP contribution < -0.4 is 14.8 Å². The lowest BCUT2D eigenvalue weighted by Gasteiger charge is -2.09. The molecule has 0 fully saturated rings. The molecule has 0 atom stereocenters. The molecule has 2 aromatic carbocycles. The van der Waals surface area contributed by atoms with Gasteiger partial charge in [0.25, 0.3) is 0 Å². The molecule has 9 nitrogen and oxygen atoms in total. The summed E-state index contributed by atoms with van der Waals surface area (Å²) in [5.41, 5.74) is 1.21. The lowest BCUT2D eigenvalue weighted by atomic mass is 10.1. The first-order chi connectivity index (χ1) is 15.4. The minimum Gasteiger partial charge on any atom is -0.493 e. The highest BCUT2D eigenvalue weighted by Gasteiger charge is 2.19. The predicted octanol–water partition coefficient (Wildman–Crippen LogP) is 4.85. The van der Waals surface area contributed by atoms with Crippen molar-refractivity contribution in [3.8, 4) is 22.6 Å². The largest absolute Gasteiger partial charge is 0.493 e. The molecule has 0 aliphatic heterocycles. The fourth-order valence-electron chi connectivity index (χ4n) is 3.36. The number of benzene rings is 2. The molecule has 4 aromatic rings. The smallest absolute Gasteiger partial charge is 0.331 e. The number of ether oxygens (including phenoxy) is 2. The van der Waals surface area contributed by atoms with Crippen molar-refractivity contribution in [1.82, 2.24) is 9.55 Å². The van der Waals surface area contributed by atoms with Crippen molar-refractivity contribution in [2.75, 3.05) is 19.5 Å². The number of fused-ring (bicyclic) bond motifs is 1. The Morgan fingerprint density at radius 1 is 1.12 bits per heavy atom. The van der Waals surface area contributed by atoms with Crippen molar-refractivity contribution in [3.05, 3.63) is 76.9 Å². The highest BCUT2D eigenvalue weighted by atomic mass is 19.1. The van der Waals surface area contributed by atoms with Crippen LogP contribution in [0.5, 0.6) is 11.5 Å². The summed E-state index contributed by atoms with van der Waals surface area (Å²) < 4.78 is 25.5. The molecule has 162 valence electrons. The Morgan fingerprint density at radius 2 is 1.91 bits per heavy atom. The first-order valence-corrected chi connectivity index (χ1v) is 9.36. The summed E-state index contributed by atoms with van der Waals surface area (Å²) in [5, 5.41) is 14.2. The molecule has 10 heteroatoms. The molecule has 1 N–H and O–H groups in total. The topological polar surface area (TPSA) is 109 Å². The molecule has 0 spiro atoms. The van der Waals surface area contributed by atoms with Crippen molar-refractivity contribution in [2.24, 2.45) is 0 Å². The number of anilines is 1. The Hall–Kier alpha value is -4.47. The third-order valence-electron chi connectivity index (χ3n) is 4.87. The van der Waals surface area contributed by atoms with Gasteiger partial charge >= 0.3 is 11.7 Å². The Balaban J connectivity index is 1.76. The molecule has 0 aliphatic rings. The zero-order valence-electron chi connectivity index (χ0n) is 17.0. The summed E-state index contributed by atoms with van der Waals surface area (Å²) in [5.74, 6) is 0.100. The van der Waals surface area contributed by atoms with E-state index in [2.05, 4.69) is 10.3 Å². The number of pyridine rings is 1. The molecule has 0 unspecified atom stereocenters. The van der Waals surface area contributed by atoms with E-state index in [1.54, 1.807) is 30.6 Å². The van der Waals surface area contributed by atoms with Gasteiger partial charge in [0.1, 0.15) is 5.65 Å². The number of amides is 1. The van der Waals surface area contributed by atoms with Crippen LogP contribution in [0.15, 0.2) is 60.9 Å². The summed E-state index contributed by atoms with van der Waals surface area (Å²) >= 11 is 0. The average Bonchev–Trinajstić information content (AvgIpc) is 3.19. The molecule has 2 heterocycles. The Labute approximate surface area is 181 Å². The van der Waals surface area contributed by atoms with Crippen molar-refractivity contribution in [3.63, 3.8) is 0 Å². The maximum atomic E-state index is 13.6. The average molecular weight is 436 g/mol. The molecule has 0 saturated carbocycles. The van der Waals surface area contributed by atoms with Gasteiger partial charge in [-0.2, -0.15) is 4.39 Å². The van der Waals surface area contributed by atoms with Crippen LogP contribution in [0, 0.1) is 15.9 Å². The molecule has 0 radical (unpaired) electrons. The summed E-state index contributed by atoms with van der Waals surface area (Å²) in [6.45, 7) is 0. The fourth-order valence-corrected chi connectivity index (χ4v) is 3.36. The minimum atomic E-state index is -0.989. The van der Waals surface area contributed by atoms with Crippen LogP contribution in [0.25, 0.3) is 22.2 Å². The standard InChI is InChI=1S/C22H17FN4O5/c1-31-19-8-5-13(10-20(19)32-2)16-12-26(21-15(16)4-3-9-24-21)22(28)25-14-6-7-17(23)18(11-14)27(29)30/h3-12H,1-2H3,(H,25,28). The molecule has 1 amide bonds. The van der Waals surface area contributed by atoms with Gasteiger partial charge in [-0.1, -0.05) is 6.07 Å². The number of halogens is 1. The van der Waals surface area contributed by atoms with Gasteiger partial charge in [-0.3, -0.25) is 14.7 Å². The maximum Gasteiger partial charge on any atom is 0.331 e.